The standard InChI is InChI=1S/C15H12Cl2INO/c16-9-7-12-14(5-6-20-15(12)13(17)8-9)19-11-3-1-10(18)2-4-11/h1-4,7-8,14,19H,5-6H2. The summed E-state index contributed by atoms with van der Waals surface area (Å²) in [5.41, 5.74) is 2.10. The lowest BCUT2D eigenvalue weighted by Crippen LogP contribution is -2.20. The van der Waals surface area contributed by atoms with Crippen LogP contribution in [0, 0.1) is 3.57 Å². The minimum Gasteiger partial charge on any atom is -0.492 e. The van der Waals surface area contributed by atoms with Crippen LogP contribution in [0.15, 0.2) is 36.4 Å². The second kappa shape index (κ2) is 6.00. The third kappa shape index (κ3) is 3.00. The van der Waals surface area contributed by atoms with Gasteiger partial charge in [0.15, 0.2) is 0 Å². The molecule has 0 aromatic heterocycles. The van der Waals surface area contributed by atoms with Gasteiger partial charge in [-0.1, -0.05) is 23.2 Å². The Morgan fingerprint density at radius 1 is 1.15 bits per heavy atom. The molecule has 20 heavy (non-hydrogen) atoms. The van der Waals surface area contributed by atoms with E-state index < -0.39 is 0 Å². The van der Waals surface area contributed by atoms with Crippen molar-refractivity contribution >= 4 is 51.5 Å². The van der Waals surface area contributed by atoms with E-state index in [-0.39, 0.29) is 6.04 Å². The molecule has 2 aromatic rings. The Labute approximate surface area is 141 Å². The topological polar surface area (TPSA) is 21.3 Å². The molecule has 0 spiro atoms. The third-order valence-electron chi connectivity index (χ3n) is 3.25. The van der Waals surface area contributed by atoms with E-state index in [1.165, 1.54) is 3.57 Å². The van der Waals surface area contributed by atoms with Crippen molar-refractivity contribution in [2.75, 3.05) is 11.9 Å². The van der Waals surface area contributed by atoms with Crippen LogP contribution < -0.4 is 10.1 Å². The molecule has 1 aliphatic heterocycles. The van der Waals surface area contributed by atoms with Crippen LogP contribution in [-0.4, -0.2) is 6.61 Å². The molecule has 2 aromatic carbocycles. The first kappa shape index (κ1) is 14.3. The van der Waals surface area contributed by atoms with Crippen molar-refractivity contribution in [1.29, 1.82) is 0 Å². The normalized spacial score (nSPS) is 17.2. The number of halogens is 3. The Morgan fingerprint density at radius 2 is 1.90 bits per heavy atom. The summed E-state index contributed by atoms with van der Waals surface area (Å²) in [7, 11) is 0. The maximum atomic E-state index is 6.20. The van der Waals surface area contributed by atoms with Crippen LogP contribution in [-0.2, 0) is 0 Å². The molecule has 1 unspecified atom stereocenters. The molecule has 3 rings (SSSR count). The Morgan fingerprint density at radius 3 is 2.65 bits per heavy atom. The molecule has 0 fully saturated rings. The number of fused-ring (bicyclic) bond motifs is 1. The van der Waals surface area contributed by atoms with E-state index in [4.69, 9.17) is 27.9 Å². The summed E-state index contributed by atoms with van der Waals surface area (Å²) in [6, 6.07) is 12.1. The summed E-state index contributed by atoms with van der Waals surface area (Å²) in [5.74, 6) is 0.741. The van der Waals surface area contributed by atoms with Gasteiger partial charge in [-0.3, -0.25) is 0 Å². The lowest BCUT2D eigenvalue weighted by molar-refractivity contribution is 0.274. The van der Waals surface area contributed by atoms with Gasteiger partial charge in [-0.05, 0) is 59.0 Å². The van der Waals surface area contributed by atoms with E-state index in [0.29, 0.717) is 16.7 Å². The fourth-order valence-corrected chi connectivity index (χ4v) is 3.25. The molecule has 2 nitrogen and oxygen atoms in total. The smallest absolute Gasteiger partial charge is 0.143 e. The number of benzene rings is 2. The number of nitrogens with one attached hydrogen (secondary N) is 1. The highest BCUT2D eigenvalue weighted by Gasteiger charge is 2.24. The first-order chi connectivity index (χ1) is 9.63. The largest absolute Gasteiger partial charge is 0.492 e. The maximum Gasteiger partial charge on any atom is 0.143 e. The van der Waals surface area contributed by atoms with Crippen molar-refractivity contribution in [3.8, 4) is 5.75 Å². The van der Waals surface area contributed by atoms with Crippen LogP contribution in [0.1, 0.15) is 18.0 Å². The highest BCUT2D eigenvalue weighted by Crippen LogP contribution is 2.41. The quantitative estimate of drug-likeness (QED) is 0.645. The zero-order valence-electron chi connectivity index (χ0n) is 10.5. The van der Waals surface area contributed by atoms with Gasteiger partial charge in [-0.15, -0.1) is 0 Å². The van der Waals surface area contributed by atoms with Crippen LogP contribution >= 0.6 is 45.8 Å². The third-order valence-corrected chi connectivity index (χ3v) is 4.47. The van der Waals surface area contributed by atoms with Gasteiger partial charge in [0.2, 0.25) is 0 Å². The van der Waals surface area contributed by atoms with E-state index in [0.717, 1.165) is 23.4 Å². The van der Waals surface area contributed by atoms with Crippen LogP contribution in [0.25, 0.3) is 0 Å². The van der Waals surface area contributed by atoms with Gasteiger partial charge in [-0.2, -0.15) is 0 Å². The van der Waals surface area contributed by atoms with Gasteiger partial charge in [-0.25, -0.2) is 0 Å². The lowest BCUT2D eigenvalue weighted by atomic mass is 10.00. The predicted octanol–water partition coefficient (Wildman–Crippen LogP) is 5.53. The van der Waals surface area contributed by atoms with Gasteiger partial charge >= 0.3 is 0 Å². The predicted molar refractivity (Wildman–Crippen MR) is 92.1 cm³/mol. The lowest BCUT2D eigenvalue weighted by Gasteiger charge is -2.28. The van der Waals surface area contributed by atoms with Crippen molar-refractivity contribution in [3.05, 3.63) is 55.6 Å². The van der Waals surface area contributed by atoms with Gasteiger partial charge in [0, 0.05) is 26.3 Å². The minimum atomic E-state index is 0.162. The van der Waals surface area contributed by atoms with Gasteiger partial charge in [0.05, 0.1) is 17.7 Å². The Balaban J connectivity index is 1.91. The van der Waals surface area contributed by atoms with Crippen LogP contribution in [0.2, 0.25) is 10.0 Å². The molecule has 1 heterocycles. The molecule has 0 bridgehead atoms. The monoisotopic (exact) mass is 419 g/mol. The molecule has 0 amide bonds. The fourth-order valence-electron chi connectivity index (χ4n) is 2.32. The van der Waals surface area contributed by atoms with Gasteiger partial charge < -0.3 is 10.1 Å². The number of rotatable bonds is 2. The maximum absolute atomic E-state index is 6.20. The molecule has 1 atom stereocenters. The summed E-state index contributed by atoms with van der Waals surface area (Å²) in [6.07, 6.45) is 0.885. The summed E-state index contributed by atoms with van der Waals surface area (Å²) in [5, 5.41) is 4.72. The second-order valence-electron chi connectivity index (χ2n) is 4.65. The zero-order valence-corrected chi connectivity index (χ0v) is 14.2. The van der Waals surface area contributed by atoms with Crippen molar-refractivity contribution in [2.24, 2.45) is 0 Å². The molecule has 0 aliphatic carbocycles. The Kier molecular flexibility index (Phi) is 4.29. The molecule has 0 radical (unpaired) electrons. The Bertz CT molecular complexity index is 631. The SMILES string of the molecule is Clc1cc(Cl)c2c(c1)C(Nc1ccc(I)cc1)CCO2. The molecular weight excluding hydrogens is 408 g/mol. The number of anilines is 1. The van der Waals surface area contributed by atoms with Crippen molar-refractivity contribution in [3.63, 3.8) is 0 Å². The van der Waals surface area contributed by atoms with Gasteiger partial charge in [0.25, 0.3) is 0 Å². The molecule has 5 heteroatoms. The van der Waals surface area contributed by atoms with Gasteiger partial charge in [0.1, 0.15) is 5.75 Å². The number of hydrogen-bond acceptors (Lipinski definition) is 2. The van der Waals surface area contributed by atoms with E-state index in [1.807, 2.05) is 6.07 Å². The molecule has 1 aliphatic rings. The van der Waals surface area contributed by atoms with Crippen LogP contribution in [0.4, 0.5) is 5.69 Å². The summed E-state index contributed by atoms with van der Waals surface area (Å²) in [4.78, 5) is 0. The van der Waals surface area contributed by atoms with Crippen LogP contribution in [0.3, 0.4) is 0 Å². The van der Waals surface area contributed by atoms with Crippen molar-refractivity contribution < 1.29 is 4.74 Å². The summed E-state index contributed by atoms with van der Waals surface area (Å²) < 4.78 is 6.88. The number of ether oxygens (including phenoxy) is 1. The van der Waals surface area contributed by atoms with E-state index in [9.17, 15) is 0 Å². The van der Waals surface area contributed by atoms with Crippen molar-refractivity contribution in [1.82, 2.24) is 0 Å². The minimum absolute atomic E-state index is 0.162. The summed E-state index contributed by atoms with van der Waals surface area (Å²) in [6.45, 7) is 0.649. The average Bonchev–Trinajstić information content (AvgIpc) is 2.42. The summed E-state index contributed by atoms with van der Waals surface area (Å²) >= 11 is 14.6. The second-order valence-corrected chi connectivity index (χ2v) is 6.74. The molecule has 0 saturated heterocycles. The Hall–Kier alpha value is -0.650. The van der Waals surface area contributed by atoms with Crippen molar-refractivity contribution in [2.45, 2.75) is 12.5 Å². The number of hydrogen-bond donors (Lipinski definition) is 1. The molecule has 1 N–H and O–H groups in total. The highest BCUT2D eigenvalue weighted by atomic mass is 127. The van der Waals surface area contributed by atoms with E-state index >= 15 is 0 Å². The zero-order chi connectivity index (χ0) is 14.1. The van der Waals surface area contributed by atoms with E-state index in [2.05, 4.69) is 52.2 Å². The highest BCUT2D eigenvalue weighted by molar-refractivity contribution is 14.1. The first-order valence-electron chi connectivity index (χ1n) is 6.27. The van der Waals surface area contributed by atoms with Crippen LogP contribution in [0.5, 0.6) is 5.75 Å². The molecule has 0 saturated carbocycles. The molecular formula is C15H12Cl2INO. The average molecular weight is 420 g/mol. The fraction of sp³-hybridized carbons (Fsp3) is 0.200. The first-order valence-corrected chi connectivity index (χ1v) is 8.11. The molecule has 104 valence electrons. The van der Waals surface area contributed by atoms with E-state index in [1.54, 1.807) is 6.07 Å².